The van der Waals surface area contributed by atoms with Crippen LogP contribution >= 0.6 is 24.0 Å². The van der Waals surface area contributed by atoms with Gasteiger partial charge in [0.25, 0.3) is 0 Å². The molecule has 0 atom stereocenters. The van der Waals surface area contributed by atoms with Crippen LogP contribution in [0.4, 0.5) is 0 Å². The first-order chi connectivity index (χ1) is 9.61. The summed E-state index contributed by atoms with van der Waals surface area (Å²) in [7, 11) is 1.75. The van der Waals surface area contributed by atoms with Gasteiger partial charge in [-0.25, -0.2) is 0 Å². The van der Waals surface area contributed by atoms with Crippen LogP contribution in [0.5, 0.6) is 0 Å². The van der Waals surface area contributed by atoms with E-state index in [4.69, 9.17) is 4.74 Å². The van der Waals surface area contributed by atoms with Crippen molar-refractivity contribution in [1.29, 1.82) is 0 Å². The van der Waals surface area contributed by atoms with Crippen LogP contribution in [0, 0.1) is 5.92 Å². The molecule has 0 spiro atoms. The minimum absolute atomic E-state index is 0. The Morgan fingerprint density at radius 1 is 1.29 bits per heavy atom. The summed E-state index contributed by atoms with van der Waals surface area (Å²) in [5.74, 6) is 1.31. The molecule has 0 unspecified atom stereocenters. The van der Waals surface area contributed by atoms with Crippen molar-refractivity contribution in [3.05, 3.63) is 0 Å². The number of ether oxygens (including phenoxy) is 1. The van der Waals surface area contributed by atoms with Gasteiger partial charge in [-0.3, -0.25) is 9.79 Å². The third-order valence-corrected chi connectivity index (χ3v) is 3.35. The van der Waals surface area contributed by atoms with Crippen molar-refractivity contribution in [2.45, 2.75) is 58.5 Å². The van der Waals surface area contributed by atoms with Crippen molar-refractivity contribution in [1.82, 2.24) is 10.6 Å². The second kappa shape index (κ2) is 12.1. The molecule has 0 aromatic rings. The summed E-state index contributed by atoms with van der Waals surface area (Å²) in [5.41, 5.74) is 0. The van der Waals surface area contributed by atoms with Crippen molar-refractivity contribution in [2.75, 3.05) is 20.1 Å². The van der Waals surface area contributed by atoms with Crippen molar-refractivity contribution in [3.8, 4) is 0 Å². The third-order valence-electron chi connectivity index (χ3n) is 3.35. The Balaban J connectivity index is 0.00000400. The molecule has 5 nitrogen and oxygen atoms in total. The predicted molar refractivity (Wildman–Crippen MR) is 97.2 cm³/mol. The van der Waals surface area contributed by atoms with Crippen molar-refractivity contribution >= 4 is 35.9 Å². The Hall–Kier alpha value is -0.530. The number of carbonyl (C=O) groups is 1. The molecule has 1 rings (SSSR count). The lowest BCUT2D eigenvalue weighted by Gasteiger charge is -2.14. The lowest BCUT2D eigenvalue weighted by Crippen LogP contribution is -2.39. The highest BCUT2D eigenvalue weighted by Crippen LogP contribution is 2.21. The standard InChI is InChI=1S/C15H29N3O2.HI/c1-12(2)11-18-15(16-3)17-10-6-9-14(19)20-13-7-4-5-8-13;/h12-13H,4-11H2,1-3H3,(H2,16,17,18);1H. The monoisotopic (exact) mass is 411 g/mol. The minimum Gasteiger partial charge on any atom is -0.462 e. The quantitative estimate of drug-likeness (QED) is 0.222. The zero-order valence-corrected chi connectivity index (χ0v) is 15.8. The molecule has 1 aliphatic rings. The average Bonchev–Trinajstić information content (AvgIpc) is 2.90. The molecule has 0 bridgehead atoms. The van der Waals surface area contributed by atoms with Crippen molar-refractivity contribution < 1.29 is 9.53 Å². The lowest BCUT2D eigenvalue weighted by molar-refractivity contribution is -0.148. The number of esters is 1. The highest BCUT2D eigenvalue weighted by Gasteiger charge is 2.18. The topological polar surface area (TPSA) is 62.7 Å². The van der Waals surface area contributed by atoms with Gasteiger partial charge in [0, 0.05) is 26.6 Å². The lowest BCUT2D eigenvalue weighted by atomic mass is 10.2. The summed E-state index contributed by atoms with van der Waals surface area (Å²) in [6, 6.07) is 0. The van der Waals surface area contributed by atoms with Crippen molar-refractivity contribution in [3.63, 3.8) is 0 Å². The van der Waals surface area contributed by atoms with Crippen LogP contribution in [-0.2, 0) is 9.53 Å². The number of rotatable bonds is 7. The van der Waals surface area contributed by atoms with Gasteiger partial charge in [-0.05, 0) is 38.0 Å². The van der Waals surface area contributed by atoms with E-state index in [1.54, 1.807) is 7.05 Å². The number of guanidine groups is 1. The molecule has 1 aliphatic carbocycles. The van der Waals surface area contributed by atoms with Crippen molar-refractivity contribution in [2.24, 2.45) is 10.9 Å². The Kier molecular flexibility index (Phi) is 11.8. The molecule has 0 amide bonds. The molecule has 1 saturated carbocycles. The molecule has 2 N–H and O–H groups in total. The fourth-order valence-electron chi connectivity index (χ4n) is 2.21. The van der Waals surface area contributed by atoms with Crippen LogP contribution in [0.15, 0.2) is 4.99 Å². The van der Waals surface area contributed by atoms with Crippen LogP contribution in [0.2, 0.25) is 0 Å². The fourth-order valence-corrected chi connectivity index (χ4v) is 2.21. The van der Waals surface area contributed by atoms with Gasteiger partial charge in [0.05, 0.1) is 0 Å². The molecule has 124 valence electrons. The van der Waals surface area contributed by atoms with Gasteiger partial charge in [-0.2, -0.15) is 0 Å². The van der Waals surface area contributed by atoms with Crippen LogP contribution in [0.25, 0.3) is 0 Å². The van der Waals surface area contributed by atoms with Gasteiger partial charge < -0.3 is 15.4 Å². The van der Waals surface area contributed by atoms with Crippen LogP contribution in [-0.4, -0.2) is 38.2 Å². The molecule has 0 heterocycles. The average molecular weight is 411 g/mol. The van der Waals surface area contributed by atoms with Crippen LogP contribution in [0.3, 0.4) is 0 Å². The van der Waals surface area contributed by atoms with E-state index in [0.717, 1.165) is 38.3 Å². The van der Waals surface area contributed by atoms with Gasteiger partial charge in [-0.15, -0.1) is 24.0 Å². The first-order valence-corrected chi connectivity index (χ1v) is 7.75. The maximum Gasteiger partial charge on any atom is 0.306 e. The SMILES string of the molecule is CN=C(NCCCC(=O)OC1CCCC1)NCC(C)C.I. The summed E-state index contributed by atoms with van der Waals surface area (Å²) in [6.07, 6.45) is 5.88. The summed E-state index contributed by atoms with van der Waals surface area (Å²) in [6.45, 7) is 5.93. The summed E-state index contributed by atoms with van der Waals surface area (Å²) in [4.78, 5) is 15.8. The zero-order valence-electron chi connectivity index (χ0n) is 13.5. The highest BCUT2D eigenvalue weighted by atomic mass is 127. The molecule has 0 radical (unpaired) electrons. The van der Waals surface area contributed by atoms with Gasteiger partial charge in [0.1, 0.15) is 6.10 Å². The van der Waals surface area contributed by atoms with E-state index in [0.29, 0.717) is 12.3 Å². The molecule has 1 fully saturated rings. The van der Waals surface area contributed by atoms with E-state index in [9.17, 15) is 4.79 Å². The number of nitrogens with one attached hydrogen (secondary N) is 2. The third kappa shape index (κ3) is 9.92. The van der Waals surface area contributed by atoms with E-state index in [-0.39, 0.29) is 36.0 Å². The normalized spacial score (nSPS) is 15.7. The second-order valence-electron chi connectivity index (χ2n) is 5.77. The van der Waals surface area contributed by atoms with Crippen LogP contribution in [0.1, 0.15) is 52.4 Å². The first-order valence-electron chi connectivity index (χ1n) is 7.75. The summed E-state index contributed by atoms with van der Waals surface area (Å²) < 4.78 is 5.41. The van der Waals surface area contributed by atoms with E-state index < -0.39 is 0 Å². The Bertz CT molecular complexity index is 316. The molecular formula is C15H30IN3O2. The van der Waals surface area contributed by atoms with Gasteiger partial charge >= 0.3 is 5.97 Å². The largest absolute Gasteiger partial charge is 0.462 e. The molecule has 21 heavy (non-hydrogen) atoms. The Morgan fingerprint density at radius 2 is 1.95 bits per heavy atom. The fraction of sp³-hybridized carbons (Fsp3) is 0.867. The number of aliphatic imine (C=N–C) groups is 1. The van der Waals surface area contributed by atoms with Gasteiger partial charge in [0.2, 0.25) is 0 Å². The zero-order chi connectivity index (χ0) is 14.8. The minimum atomic E-state index is -0.0659. The molecule has 0 aromatic heterocycles. The maximum absolute atomic E-state index is 11.6. The van der Waals surface area contributed by atoms with Crippen LogP contribution < -0.4 is 10.6 Å². The number of nitrogens with zero attached hydrogens (tertiary/aromatic N) is 1. The predicted octanol–water partition coefficient (Wildman–Crippen LogP) is 2.69. The summed E-state index contributed by atoms with van der Waals surface area (Å²) in [5, 5.41) is 6.44. The summed E-state index contributed by atoms with van der Waals surface area (Å²) >= 11 is 0. The van der Waals surface area contributed by atoms with E-state index in [1.807, 2.05) is 0 Å². The maximum atomic E-state index is 11.6. The van der Waals surface area contributed by atoms with E-state index in [2.05, 4.69) is 29.5 Å². The van der Waals surface area contributed by atoms with Gasteiger partial charge in [0.15, 0.2) is 5.96 Å². The highest BCUT2D eigenvalue weighted by molar-refractivity contribution is 14.0. The van der Waals surface area contributed by atoms with Gasteiger partial charge in [-0.1, -0.05) is 13.8 Å². The molecule has 0 aliphatic heterocycles. The number of carbonyl (C=O) groups excluding carboxylic acids is 1. The number of hydrogen-bond acceptors (Lipinski definition) is 3. The number of hydrogen-bond donors (Lipinski definition) is 2. The molecular weight excluding hydrogens is 381 g/mol. The number of halogens is 1. The van der Waals surface area contributed by atoms with E-state index in [1.165, 1.54) is 12.8 Å². The molecule has 6 heteroatoms. The molecule has 0 aromatic carbocycles. The van der Waals surface area contributed by atoms with E-state index >= 15 is 0 Å². The first kappa shape index (κ1) is 20.5. The smallest absolute Gasteiger partial charge is 0.306 e. The second-order valence-corrected chi connectivity index (χ2v) is 5.77. The Morgan fingerprint density at radius 3 is 2.52 bits per heavy atom. The molecule has 0 saturated heterocycles. The Labute approximate surface area is 145 Å².